The Hall–Kier alpha value is -0.370. The van der Waals surface area contributed by atoms with Gasteiger partial charge >= 0.3 is 0 Å². The van der Waals surface area contributed by atoms with Gasteiger partial charge in [0, 0.05) is 12.5 Å². The van der Waals surface area contributed by atoms with Crippen molar-refractivity contribution in [3.05, 3.63) is 0 Å². The zero-order chi connectivity index (χ0) is 8.91. The minimum absolute atomic E-state index is 0.0104. The van der Waals surface area contributed by atoms with Crippen LogP contribution in [0.2, 0.25) is 0 Å². The minimum atomic E-state index is -0.252. The van der Waals surface area contributed by atoms with Crippen molar-refractivity contribution < 1.29 is 9.53 Å². The van der Waals surface area contributed by atoms with Crippen molar-refractivity contribution >= 4 is 6.29 Å². The van der Waals surface area contributed by atoms with E-state index in [1.54, 1.807) is 7.11 Å². The number of aldehydes is 1. The van der Waals surface area contributed by atoms with Gasteiger partial charge in [-0.25, -0.2) is 0 Å². The zero-order valence-corrected chi connectivity index (χ0v) is 7.89. The van der Waals surface area contributed by atoms with E-state index < -0.39 is 0 Å². The normalized spacial score (nSPS) is 14.5. The van der Waals surface area contributed by atoms with Crippen LogP contribution in [0, 0.1) is 5.41 Å². The van der Waals surface area contributed by atoms with Crippen molar-refractivity contribution in [3.63, 3.8) is 0 Å². The van der Waals surface area contributed by atoms with Crippen molar-refractivity contribution in [2.75, 3.05) is 7.11 Å². The van der Waals surface area contributed by atoms with Crippen LogP contribution < -0.4 is 0 Å². The molecule has 0 bridgehead atoms. The second-order valence-electron chi connectivity index (χ2n) is 3.15. The van der Waals surface area contributed by atoms with Crippen LogP contribution in [-0.4, -0.2) is 19.5 Å². The van der Waals surface area contributed by atoms with Gasteiger partial charge in [-0.1, -0.05) is 20.8 Å². The van der Waals surface area contributed by atoms with E-state index in [1.165, 1.54) is 0 Å². The van der Waals surface area contributed by atoms with E-state index in [9.17, 15) is 4.79 Å². The highest BCUT2D eigenvalue weighted by molar-refractivity contribution is 5.57. The number of hydrogen-bond donors (Lipinski definition) is 0. The third-order valence-corrected chi connectivity index (χ3v) is 2.68. The van der Waals surface area contributed by atoms with Gasteiger partial charge in [0.05, 0.1) is 0 Å². The first kappa shape index (κ1) is 10.6. The molecule has 2 nitrogen and oxygen atoms in total. The Labute approximate surface area is 68.9 Å². The molecule has 66 valence electrons. The molecule has 0 saturated heterocycles. The van der Waals surface area contributed by atoms with Crippen LogP contribution in [0.4, 0.5) is 0 Å². The fraction of sp³-hybridized carbons (Fsp3) is 0.889. The Morgan fingerprint density at radius 2 is 1.91 bits per heavy atom. The van der Waals surface area contributed by atoms with Crippen LogP contribution in [-0.2, 0) is 9.53 Å². The predicted octanol–water partition coefficient (Wildman–Crippen LogP) is 2.03. The SMILES string of the molecule is CCC(C)(CC)C(C=O)OC. The van der Waals surface area contributed by atoms with Crippen LogP contribution in [0.5, 0.6) is 0 Å². The quantitative estimate of drug-likeness (QED) is 0.572. The third kappa shape index (κ3) is 2.29. The summed E-state index contributed by atoms with van der Waals surface area (Å²) in [5, 5.41) is 0. The molecule has 0 amide bonds. The van der Waals surface area contributed by atoms with E-state index in [4.69, 9.17) is 4.74 Å². The monoisotopic (exact) mass is 158 g/mol. The lowest BCUT2D eigenvalue weighted by atomic mass is 9.79. The molecule has 0 fully saturated rings. The number of methoxy groups -OCH3 is 1. The van der Waals surface area contributed by atoms with Crippen molar-refractivity contribution in [2.24, 2.45) is 5.41 Å². The summed E-state index contributed by atoms with van der Waals surface area (Å²) in [6, 6.07) is 0. The Morgan fingerprint density at radius 3 is 2.00 bits per heavy atom. The number of hydrogen-bond acceptors (Lipinski definition) is 2. The third-order valence-electron chi connectivity index (χ3n) is 2.68. The summed E-state index contributed by atoms with van der Waals surface area (Å²) in [5.41, 5.74) is 0.0104. The van der Waals surface area contributed by atoms with Gasteiger partial charge < -0.3 is 9.53 Å². The van der Waals surface area contributed by atoms with Crippen LogP contribution >= 0.6 is 0 Å². The van der Waals surface area contributed by atoms with Gasteiger partial charge in [0.2, 0.25) is 0 Å². The molecule has 0 radical (unpaired) electrons. The molecule has 2 heteroatoms. The average Bonchev–Trinajstić information content (AvgIpc) is 2.06. The largest absolute Gasteiger partial charge is 0.373 e. The summed E-state index contributed by atoms with van der Waals surface area (Å²) in [5.74, 6) is 0. The van der Waals surface area contributed by atoms with Crippen LogP contribution in [0.1, 0.15) is 33.6 Å². The molecule has 0 heterocycles. The van der Waals surface area contributed by atoms with Gasteiger partial charge in [0.1, 0.15) is 12.4 Å². The van der Waals surface area contributed by atoms with Crippen molar-refractivity contribution in [2.45, 2.75) is 39.7 Å². The van der Waals surface area contributed by atoms with Gasteiger partial charge in [-0.15, -0.1) is 0 Å². The molecule has 0 N–H and O–H groups in total. The molecular weight excluding hydrogens is 140 g/mol. The predicted molar refractivity (Wildman–Crippen MR) is 45.6 cm³/mol. The summed E-state index contributed by atoms with van der Waals surface area (Å²) in [6.45, 7) is 6.24. The number of carbonyl (C=O) groups is 1. The average molecular weight is 158 g/mol. The Balaban J connectivity index is 4.30. The zero-order valence-electron chi connectivity index (χ0n) is 7.89. The summed E-state index contributed by atoms with van der Waals surface area (Å²) < 4.78 is 5.08. The first-order valence-electron chi connectivity index (χ1n) is 4.12. The first-order valence-corrected chi connectivity index (χ1v) is 4.12. The molecule has 0 rings (SSSR count). The van der Waals surface area contributed by atoms with Gasteiger partial charge in [-0.2, -0.15) is 0 Å². The van der Waals surface area contributed by atoms with Gasteiger partial charge in [-0.3, -0.25) is 0 Å². The highest BCUT2D eigenvalue weighted by Gasteiger charge is 2.30. The van der Waals surface area contributed by atoms with Crippen LogP contribution in [0.25, 0.3) is 0 Å². The highest BCUT2D eigenvalue weighted by Crippen LogP contribution is 2.30. The number of rotatable bonds is 5. The lowest BCUT2D eigenvalue weighted by Gasteiger charge is -2.31. The fourth-order valence-corrected chi connectivity index (χ4v) is 1.16. The molecule has 0 aliphatic carbocycles. The van der Waals surface area contributed by atoms with E-state index in [0.717, 1.165) is 19.1 Å². The molecule has 0 aromatic carbocycles. The fourth-order valence-electron chi connectivity index (χ4n) is 1.16. The summed E-state index contributed by atoms with van der Waals surface area (Å²) in [4.78, 5) is 10.6. The second kappa shape index (κ2) is 4.50. The molecule has 0 aromatic rings. The van der Waals surface area contributed by atoms with Crippen molar-refractivity contribution in [1.29, 1.82) is 0 Å². The van der Waals surface area contributed by atoms with E-state index >= 15 is 0 Å². The van der Waals surface area contributed by atoms with Crippen molar-refractivity contribution in [1.82, 2.24) is 0 Å². The van der Waals surface area contributed by atoms with Gasteiger partial charge in [-0.05, 0) is 12.8 Å². The standard InChI is InChI=1S/C9H18O2/c1-5-9(3,6-2)8(7-10)11-4/h7-8H,5-6H2,1-4H3. The lowest BCUT2D eigenvalue weighted by Crippen LogP contribution is -2.34. The topological polar surface area (TPSA) is 26.3 Å². The van der Waals surface area contributed by atoms with E-state index in [-0.39, 0.29) is 11.5 Å². The molecule has 1 atom stereocenters. The summed E-state index contributed by atoms with van der Waals surface area (Å²) in [7, 11) is 1.59. The van der Waals surface area contributed by atoms with E-state index in [2.05, 4.69) is 20.8 Å². The molecule has 0 aliphatic rings. The van der Waals surface area contributed by atoms with Gasteiger partial charge in [0.25, 0.3) is 0 Å². The maximum absolute atomic E-state index is 10.6. The summed E-state index contributed by atoms with van der Waals surface area (Å²) in [6.07, 6.45) is 2.59. The Bertz CT molecular complexity index is 117. The molecule has 11 heavy (non-hydrogen) atoms. The number of ether oxygens (including phenoxy) is 1. The molecule has 0 saturated carbocycles. The Kier molecular flexibility index (Phi) is 4.34. The van der Waals surface area contributed by atoms with Crippen LogP contribution in [0.15, 0.2) is 0 Å². The molecule has 0 spiro atoms. The molecular formula is C9H18O2. The second-order valence-corrected chi connectivity index (χ2v) is 3.15. The van der Waals surface area contributed by atoms with E-state index in [1.807, 2.05) is 0 Å². The Morgan fingerprint density at radius 1 is 1.45 bits per heavy atom. The molecule has 0 aliphatic heterocycles. The van der Waals surface area contributed by atoms with Gasteiger partial charge in [0.15, 0.2) is 0 Å². The van der Waals surface area contributed by atoms with E-state index in [0.29, 0.717) is 0 Å². The molecule has 0 aromatic heterocycles. The van der Waals surface area contributed by atoms with Crippen LogP contribution in [0.3, 0.4) is 0 Å². The highest BCUT2D eigenvalue weighted by atomic mass is 16.5. The summed E-state index contributed by atoms with van der Waals surface area (Å²) >= 11 is 0. The maximum atomic E-state index is 10.6. The minimum Gasteiger partial charge on any atom is -0.373 e. The maximum Gasteiger partial charge on any atom is 0.149 e. The van der Waals surface area contributed by atoms with Crippen molar-refractivity contribution in [3.8, 4) is 0 Å². The molecule has 1 unspecified atom stereocenters. The smallest absolute Gasteiger partial charge is 0.149 e. The first-order chi connectivity index (χ1) is 5.14. The number of carbonyl (C=O) groups excluding carboxylic acids is 1. The lowest BCUT2D eigenvalue weighted by molar-refractivity contribution is -0.124.